The Morgan fingerprint density at radius 2 is 2.10 bits per heavy atom. The zero-order chi connectivity index (χ0) is 13.9. The third-order valence-corrected chi connectivity index (χ3v) is 5.36. The molecule has 1 unspecified atom stereocenters. The van der Waals surface area contributed by atoms with Gasteiger partial charge in [0.25, 0.3) is 5.91 Å². The van der Waals surface area contributed by atoms with E-state index in [0.29, 0.717) is 0 Å². The van der Waals surface area contributed by atoms with Crippen molar-refractivity contribution in [3.05, 3.63) is 57.8 Å². The van der Waals surface area contributed by atoms with Crippen LogP contribution in [-0.4, -0.2) is 17.4 Å². The van der Waals surface area contributed by atoms with Gasteiger partial charge in [-0.15, -0.1) is 11.3 Å². The summed E-state index contributed by atoms with van der Waals surface area (Å²) in [6.07, 6.45) is 2.17. The third-order valence-electron chi connectivity index (χ3n) is 3.74. The lowest BCUT2D eigenvalue weighted by Gasteiger charge is -2.24. The quantitative estimate of drug-likeness (QED) is 0.740. The van der Waals surface area contributed by atoms with Crippen LogP contribution in [0.2, 0.25) is 0 Å². The second-order valence-corrected chi connectivity index (χ2v) is 6.54. The second-order valence-electron chi connectivity index (χ2n) is 5.00. The molecule has 1 aromatic carbocycles. The molecule has 1 aromatic heterocycles. The molecule has 104 valence electrons. The molecule has 4 heteroatoms. The zero-order valence-electron chi connectivity index (χ0n) is 11.1. The van der Waals surface area contributed by atoms with Gasteiger partial charge in [-0.05, 0) is 42.0 Å². The Bertz CT molecular complexity index is 579. The molecule has 1 amide bonds. The number of carbonyl (C=O) groups is 1. The minimum absolute atomic E-state index is 0.155. The summed E-state index contributed by atoms with van der Waals surface area (Å²) < 4.78 is 0. The first-order valence-corrected chi connectivity index (χ1v) is 8.79. The molecule has 2 nitrogen and oxygen atoms in total. The van der Waals surface area contributed by atoms with Crippen molar-refractivity contribution in [1.82, 2.24) is 4.90 Å². The molecule has 3 rings (SSSR count). The van der Waals surface area contributed by atoms with Crippen molar-refractivity contribution in [2.24, 2.45) is 0 Å². The van der Waals surface area contributed by atoms with E-state index in [0.717, 1.165) is 30.3 Å². The molecule has 1 saturated heterocycles. The van der Waals surface area contributed by atoms with Crippen molar-refractivity contribution in [2.75, 3.05) is 6.54 Å². The van der Waals surface area contributed by atoms with Crippen molar-refractivity contribution >= 4 is 33.2 Å². The fourth-order valence-corrected chi connectivity index (χ4v) is 3.94. The van der Waals surface area contributed by atoms with Gasteiger partial charge in [0.15, 0.2) is 0 Å². The molecule has 2 heterocycles. The van der Waals surface area contributed by atoms with Crippen molar-refractivity contribution in [2.45, 2.75) is 24.2 Å². The molecule has 0 saturated carbocycles. The number of thiophene rings is 1. The molecule has 0 aliphatic carbocycles. The lowest BCUT2D eigenvalue weighted by molar-refractivity contribution is 0.0738. The van der Waals surface area contributed by atoms with Crippen LogP contribution in [0.3, 0.4) is 0 Å². The molecular formula is C16H16BrNOS. The molecule has 0 bridgehead atoms. The molecule has 1 atom stereocenters. The van der Waals surface area contributed by atoms with Gasteiger partial charge in [0, 0.05) is 22.3 Å². The van der Waals surface area contributed by atoms with Crippen molar-refractivity contribution in [1.29, 1.82) is 0 Å². The number of hydrogen-bond donors (Lipinski definition) is 0. The van der Waals surface area contributed by atoms with E-state index in [9.17, 15) is 4.79 Å². The van der Waals surface area contributed by atoms with Gasteiger partial charge in [0.05, 0.1) is 6.04 Å². The fourth-order valence-electron chi connectivity index (χ4n) is 2.69. The summed E-state index contributed by atoms with van der Waals surface area (Å²) >= 11 is 5.17. The zero-order valence-corrected chi connectivity index (χ0v) is 13.5. The Labute approximate surface area is 131 Å². The van der Waals surface area contributed by atoms with Gasteiger partial charge < -0.3 is 4.90 Å². The number of alkyl halides is 1. The molecule has 0 radical (unpaired) electrons. The maximum Gasteiger partial charge on any atom is 0.254 e. The number of nitrogens with zero attached hydrogens (tertiary/aromatic N) is 1. The van der Waals surface area contributed by atoms with E-state index in [1.165, 1.54) is 10.4 Å². The van der Waals surface area contributed by atoms with Crippen LogP contribution >= 0.6 is 27.3 Å². The monoisotopic (exact) mass is 349 g/mol. The van der Waals surface area contributed by atoms with E-state index < -0.39 is 0 Å². The first-order chi connectivity index (χ1) is 9.79. The fraction of sp³-hybridized carbons (Fsp3) is 0.312. The van der Waals surface area contributed by atoms with Crippen molar-refractivity contribution < 1.29 is 4.79 Å². The predicted octanol–water partition coefficient (Wildman–Crippen LogP) is 4.62. The van der Waals surface area contributed by atoms with Gasteiger partial charge in [-0.3, -0.25) is 4.79 Å². The molecule has 1 aliphatic heterocycles. The van der Waals surface area contributed by atoms with Crippen LogP contribution in [0.15, 0.2) is 41.8 Å². The summed E-state index contributed by atoms with van der Waals surface area (Å²) in [4.78, 5) is 16.0. The standard InChI is InChI=1S/C16H16BrNOS/c17-11-12-5-7-13(8-6-12)16(19)18-9-1-3-14(18)15-4-2-10-20-15/h2,4-8,10,14H,1,3,9,11H2. The third kappa shape index (κ3) is 2.67. The summed E-state index contributed by atoms with van der Waals surface area (Å²) in [5.74, 6) is 0.155. The van der Waals surface area contributed by atoms with Crippen LogP contribution in [0, 0.1) is 0 Å². The highest BCUT2D eigenvalue weighted by Gasteiger charge is 2.30. The Hall–Kier alpha value is -1.13. The van der Waals surface area contributed by atoms with E-state index in [-0.39, 0.29) is 11.9 Å². The van der Waals surface area contributed by atoms with Crippen molar-refractivity contribution in [3.8, 4) is 0 Å². The summed E-state index contributed by atoms with van der Waals surface area (Å²) in [6.45, 7) is 0.863. The van der Waals surface area contributed by atoms with Gasteiger partial charge in [-0.25, -0.2) is 0 Å². The number of likely N-dealkylation sites (tertiary alicyclic amines) is 1. The highest BCUT2D eigenvalue weighted by Crippen LogP contribution is 2.35. The minimum Gasteiger partial charge on any atom is -0.331 e. The van der Waals surface area contributed by atoms with Crippen LogP contribution in [-0.2, 0) is 5.33 Å². The summed E-state index contributed by atoms with van der Waals surface area (Å²) in [5.41, 5.74) is 1.98. The summed E-state index contributed by atoms with van der Waals surface area (Å²) in [6, 6.07) is 12.3. The number of carbonyl (C=O) groups excluding carboxylic acids is 1. The molecule has 20 heavy (non-hydrogen) atoms. The highest BCUT2D eigenvalue weighted by molar-refractivity contribution is 9.08. The topological polar surface area (TPSA) is 20.3 Å². The average Bonchev–Trinajstić information content (AvgIpc) is 3.16. The van der Waals surface area contributed by atoms with E-state index in [4.69, 9.17) is 0 Å². The maximum atomic E-state index is 12.7. The largest absolute Gasteiger partial charge is 0.331 e. The Morgan fingerprint density at radius 3 is 2.75 bits per heavy atom. The van der Waals surface area contributed by atoms with Gasteiger partial charge >= 0.3 is 0 Å². The van der Waals surface area contributed by atoms with Gasteiger partial charge in [0.1, 0.15) is 0 Å². The van der Waals surface area contributed by atoms with Crippen LogP contribution in [0.5, 0.6) is 0 Å². The highest BCUT2D eigenvalue weighted by atomic mass is 79.9. The van der Waals surface area contributed by atoms with Gasteiger partial charge in [-0.1, -0.05) is 34.1 Å². The number of halogens is 1. The Kier molecular flexibility index (Phi) is 4.22. The smallest absolute Gasteiger partial charge is 0.254 e. The van der Waals surface area contributed by atoms with E-state index in [1.54, 1.807) is 11.3 Å². The summed E-state index contributed by atoms with van der Waals surface area (Å²) in [7, 11) is 0. The number of amides is 1. The van der Waals surface area contributed by atoms with Gasteiger partial charge in [0.2, 0.25) is 0 Å². The van der Waals surface area contributed by atoms with Crippen LogP contribution < -0.4 is 0 Å². The molecule has 2 aromatic rings. The Morgan fingerprint density at radius 1 is 1.30 bits per heavy atom. The number of rotatable bonds is 3. The molecule has 0 spiro atoms. The molecule has 1 aliphatic rings. The number of benzene rings is 1. The maximum absolute atomic E-state index is 12.7. The minimum atomic E-state index is 0.155. The lowest BCUT2D eigenvalue weighted by atomic mass is 10.1. The average molecular weight is 350 g/mol. The van der Waals surface area contributed by atoms with E-state index in [1.807, 2.05) is 29.2 Å². The predicted molar refractivity (Wildman–Crippen MR) is 86.4 cm³/mol. The first-order valence-electron chi connectivity index (χ1n) is 6.79. The van der Waals surface area contributed by atoms with Crippen molar-refractivity contribution in [3.63, 3.8) is 0 Å². The van der Waals surface area contributed by atoms with E-state index in [2.05, 4.69) is 33.4 Å². The Balaban J connectivity index is 1.81. The van der Waals surface area contributed by atoms with Crippen LogP contribution in [0.1, 0.15) is 39.7 Å². The molecular weight excluding hydrogens is 334 g/mol. The normalized spacial score (nSPS) is 18.4. The lowest BCUT2D eigenvalue weighted by Crippen LogP contribution is -2.30. The molecule has 0 N–H and O–H groups in total. The van der Waals surface area contributed by atoms with Gasteiger partial charge in [-0.2, -0.15) is 0 Å². The SMILES string of the molecule is O=C(c1ccc(CBr)cc1)N1CCCC1c1cccs1. The summed E-state index contributed by atoms with van der Waals surface area (Å²) in [5, 5.41) is 2.91. The first kappa shape index (κ1) is 13.8. The van der Waals surface area contributed by atoms with E-state index >= 15 is 0 Å². The van der Waals surface area contributed by atoms with Crippen LogP contribution in [0.4, 0.5) is 0 Å². The second kappa shape index (κ2) is 6.10. The molecule has 1 fully saturated rings. The van der Waals surface area contributed by atoms with Crippen LogP contribution in [0.25, 0.3) is 0 Å². The number of hydrogen-bond acceptors (Lipinski definition) is 2.